The lowest BCUT2D eigenvalue weighted by atomic mass is 9.92. The number of benzene rings is 2. The minimum absolute atomic E-state index is 0.0748. The third-order valence-corrected chi connectivity index (χ3v) is 5.36. The van der Waals surface area contributed by atoms with Gasteiger partial charge in [-0.15, -0.1) is 0 Å². The van der Waals surface area contributed by atoms with E-state index in [1.807, 2.05) is 18.7 Å². The summed E-state index contributed by atoms with van der Waals surface area (Å²) in [7, 11) is 0. The van der Waals surface area contributed by atoms with E-state index in [9.17, 15) is 4.79 Å². The van der Waals surface area contributed by atoms with E-state index >= 15 is 0 Å². The molecule has 138 valence electrons. The molecule has 0 saturated carbocycles. The quantitative estimate of drug-likeness (QED) is 0.825. The van der Waals surface area contributed by atoms with Gasteiger partial charge in [-0.2, -0.15) is 0 Å². The molecule has 1 saturated heterocycles. The fourth-order valence-corrected chi connectivity index (χ4v) is 3.80. The van der Waals surface area contributed by atoms with Gasteiger partial charge >= 0.3 is 0 Å². The highest BCUT2D eigenvalue weighted by atomic mass is 16.2. The van der Waals surface area contributed by atoms with Gasteiger partial charge in [-0.3, -0.25) is 9.69 Å². The predicted octanol–water partition coefficient (Wildman–Crippen LogP) is 4.19. The molecule has 3 rings (SSSR count). The molecule has 3 nitrogen and oxygen atoms in total. The second-order valence-corrected chi connectivity index (χ2v) is 7.69. The molecule has 2 aromatic carbocycles. The average molecular weight is 351 g/mol. The van der Waals surface area contributed by atoms with Gasteiger partial charge in [-0.05, 0) is 30.5 Å². The van der Waals surface area contributed by atoms with Crippen LogP contribution in [0.1, 0.15) is 42.1 Å². The minimum Gasteiger partial charge on any atom is -0.340 e. The molecule has 26 heavy (non-hydrogen) atoms. The molecule has 0 spiro atoms. The topological polar surface area (TPSA) is 23.6 Å². The Morgan fingerprint density at radius 3 is 2.08 bits per heavy atom. The number of piperazine rings is 1. The van der Waals surface area contributed by atoms with Gasteiger partial charge in [0.2, 0.25) is 5.91 Å². The molecule has 0 aromatic heterocycles. The van der Waals surface area contributed by atoms with E-state index in [-0.39, 0.29) is 17.9 Å². The highest BCUT2D eigenvalue weighted by Gasteiger charge is 2.29. The first-order chi connectivity index (χ1) is 12.5. The fourth-order valence-electron chi connectivity index (χ4n) is 3.80. The Bertz CT molecular complexity index is 743. The second kappa shape index (κ2) is 8.05. The van der Waals surface area contributed by atoms with Crippen molar-refractivity contribution in [2.75, 3.05) is 26.2 Å². The third-order valence-electron chi connectivity index (χ3n) is 5.36. The molecular formula is C23H30N2O. The standard InChI is InChI=1S/C23H30N2O/c1-17(2)23(26)25-15-13-24(14-16-25)22(20-11-9-18(3)10-12-20)21-8-6-5-7-19(21)4/h5-12,17,22H,13-16H2,1-4H3/t22-/m1/s1. The number of nitrogens with zero attached hydrogens (tertiary/aromatic N) is 2. The number of rotatable bonds is 4. The Balaban J connectivity index is 1.87. The summed E-state index contributed by atoms with van der Waals surface area (Å²) in [6.45, 7) is 11.7. The van der Waals surface area contributed by atoms with Crippen molar-refractivity contribution in [2.45, 2.75) is 33.7 Å². The summed E-state index contributed by atoms with van der Waals surface area (Å²) in [6.07, 6.45) is 0. The molecule has 1 atom stereocenters. The second-order valence-electron chi connectivity index (χ2n) is 7.69. The van der Waals surface area contributed by atoms with Crippen LogP contribution in [0.15, 0.2) is 48.5 Å². The third kappa shape index (κ3) is 3.99. The van der Waals surface area contributed by atoms with Crippen molar-refractivity contribution in [3.8, 4) is 0 Å². The summed E-state index contributed by atoms with van der Waals surface area (Å²) in [5, 5.41) is 0. The number of carbonyl (C=O) groups is 1. The SMILES string of the molecule is Cc1ccc([C@H](c2ccccc2C)N2CCN(C(=O)C(C)C)CC2)cc1. The normalized spacial score (nSPS) is 16.7. The molecule has 1 aliphatic rings. The first kappa shape index (κ1) is 18.7. The smallest absolute Gasteiger partial charge is 0.225 e. The van der Waals surface area contributed by atoms with Crippen LogP contribution in [0.5, 0.6) is 0 Å². The summed E-state index contributed by atoms with van der Waals surface area (Å²) < 4.78 is 0. The lowest BCUT2D eigenvalue weighted by Crippen LogP contribution is -2.50. The Morgan fingerprint density at radius 1 is 0.885 bits per heavy atom. The van der Waals surface area contributed by atoms with Crippen molar-refractivity contribution in [1.82, 2.24) is 9.80 Å². The first-order valence-corrected chi connectivity index (χ1v) is 9.62. The summed E-state index contributed by atoms with van der Waals surface area (Å²) in [4.78, 5) is 16.9. The maximum atomic E-state index is 12.3. The van der Waals surface area contributed by atoms with Gasteiger partial charge in [0, 0.05) is 32.1 Å². The van der Waals surface area contributed by atoms with Gasteiger partial charge in [0.05, 0.1) is 6.04 Å². The Hall–Kier alpha value is -2.13. The zero-order valence-corrected chi connectivity index (χ0v) is 16.4. The van der Waals surface area contributed by atoms with Gasteiger partial charge in [-0.25, -0.2) is 0 Å². The predicted molar refractivity (Wildman–Crippen MR) is 107 cm³/mol. The van der Waals surface area contributed by atoms with Crippen LogP contribution in [0.25, 0.3) is 0 Å². The number of amides is 1. The van der Waals surface area contributed by atoms with Gasteiger partial charge in [0.15, 0.2) is 0 Å². The lowest BCUT2D eigenvalue weighted by molar-refractivity contribution is -0.136. The van der Waals surface area contributed by atoms with Crippen LogP contribution in [0.4, 0.5) is 0 Å². The molecule has 0 N–H and O–H groups in total. The van der Waals surface area contributed by atoms with Gasteiger partial charge in [-0.1, -0.05) is 67.9 Å². The van der Waals surface area contributed by atoms with E-state index in [4.69, 9.17) is 0 Å². The highest BCUT2D eigenvalue weighted by Crippen LogP contribution is 2.32. The molecule has 0 bridgehead atoms. The van der Waals surface area contributed by atoms with Crippen molar-refractivity contribution < 1.29 is 4.79 Å². The van der Waals surface area contributed by atoms with Crippen molar-refractivity contribution in [3.05, 3.63) is 70.8 Å². The molecule has 3 heteroatoms. The summed E-state index contributed by atoms with van der Waals surface area (Å²) in [6, 6.07) is 17.8. The molecule has 1 aliphatic heterocycles. The maximum absolute atomic E-state index is 12.3. The molecule has 1 heterocycles. The van der Waals surface area contributed by atoms with Crippen LogP contribution < -0.4 is 0 Å². The number of carbonyl (C=O) groups excluding carboxylic acids is 1. The minimum atomic E-state index is 0.0748. The molecule has 0 radical (unpaired) electrons. The van der Waals surface area contributed by atoms with E-state index in [2.05, 4.69) is 67.3 Å². The summed E-state index contributed by atoms with van der Waals surface area (Å²) in [5.41, 5.74) is 5.29. The molecule has 1 amide bonds. The molecular weight excluding hydrogens is 320 g/mol. The van der Waals surface area contributed by atoms with E-state index in [0.29, 0.717) is 0 Å². The number of aryl methyl sites for hydroxylation is 2. The van der Waals surface area contributed by atoms with Gasteiger partial charge in [0.25, 0.3) is 0 Å². The Kier molecular flexibility index (Phi) is 5.77. The fraction of sp³-hybridized carbons (Fsp3) is 0.435. The molecule has 0 aliphatic carbocycles. The number of hydrogen-bond acceptors (Lipinski definition) is 2. The van der Waals surface area contributed by atoms with Crippen molar-refractivity contribution in [2.24, 2.45) is 5.92 Å². The van der Waals surface area contributed by atoms with Gasteiger partial charge < -0.3 is 4.90 Å². The van der Waals surface area contributed by atoms with E-state index < -0.39 is 0 Å². The van der Waals surface area contributed by atoms with Gasteiger partial charge in [0.1, 0.15) is 0 Å². The van der Waals surface area contributed by atoms with Crippen molar-refractivity contribution >= 4 is 5.91 Å². The summed E-state index contributed by atoms with van der Waals surface area (Å²) >= 11 is 0. The van der Waals surface area contributed by atoms with E-state index in [1.54, 1.807) is 0 Å². The zero-order valence-electron chi connectivity index (χ0n) is 16.4. The van der Waals surface area contributed by atoms with Crippen LogP contribution in [-0.4, -0.2) is 41.9 Å². The Labute approximate surface area is 157 Å². The van der Waals surface area contributed by atoms with Crippen LogP contribution >= 0.6 is 0 Å². The van der Waals surface area contributed by atoms with Crippen molar-refractivity contribution in [1.29, 1.82) is 0 Å². The number of hydrogen-bond donors (Lipinski definition) is 0. The van der Waals surface area contributed by atoms with Crippen LogP contribution in [-0.2, 0) is 4.79 Å². The van der Waals surface area contributed by atoms with Crippen molar-refractivity contribution in [3.63, 3.8) is 0 Å². The molecule has 0 unspecified atom stereocenters. The largest absolute Gasteiger partial charge is 0.340 e. The zero-order chi connectivity index (χ0) is 18.7. The highest BCUT2D eigenvalue weighted by molar-refractivity contribution is 5.78. The maximum Gasteiger partial charge on any atom is 0.225 e. The van der Waals surface area contributed by atoms with Crippen LogP contribution in [0.2, 0.25) is 0 Å². The Morgan fingerprint density at radius 2 is 1.50 bits per heavy atom. The molecule has 1 fully saturated rings. The first-order valence-electron chi connectivity index (χ1n) is 9.62. The van der Waals surface area contributed by atoms with Crippen LogP contribution in [0.3, 0.4) is 0 Å². The van der Waals surface area contributed by atoms with E-state index in [0.717, 1.165) is 26.2 Å². The summed E-state index contributed by atoms with van der Waals surface area (Å²) in [5.74, 6) is 0.346. The lowest BCUT2D eigenvalue weighted by Gasteiger charge is -2.40. The average Bonchev–Trinajstić information content (AvgIpc) is 2.65. The monoisotopic (exact) mass is 350 g/mol. The molecule has 2 aromatic rings. The van der Waals surface area contributed by atoms with E-state index in [1.165, 1.54) is 22.3 Å². The van der Waals surface area contributed by atoms with Crippen LogP contribution in [0, 0.1) is 19.8 Å².